The maximum absolute atomic E-state index is 13.4. The molecule has 0 aromatic heterocycles. The Balaban J connectivity index is 1.86. The molecule has 3 aromatic carbocycles. The Morgan fingerprint density at radius 1 is 1.06 bits per heavy atom. The molecule has 1 atom stereocenters. The molecule has 1 amide bonds. The van der Waals surface area contributed by atoms with Crippen molar-refractivity contribution in [1.29, 1.82) is 0 Å². The van der Waals surface area contributed by atoms with E-state index in [1.807, 2.05) is 42.5 Å². The van der Waals surface area contributed by atoms with E-state index in [0.29, 0.717) is 16.3 Å². The van der Waals surface area contributed by atoms with Crippen molar-refractivity contribution in [2.45, 2.75) is 12.0 Å². The highest BCUT2D eigenvalue weighted by Crippen LogP contribution is 2.38. The van der Waals surface area contributed by atoms with E-state index in [2.05, 4.69) is 10.1 Å². The van der Waals surface area contributed by atoms with Gasteiger partial charge in [-0.05, 0) is 59.7 Å². The Labute approximate surface area is 189 Å². The number of ether oxygens (including phenoxy) is 1. The predicted molar refractivity (Wildman–Crippen MR) is 121 cm³/mol. The first-order valence-corrected chi connectivity index (χ1v) is 10.3. The van der Waals surface area contributed by atoms with Gasteiger partial charge in [0.25, 0.3) is 0 Å². The third-order valence-electron chi connectivity index (χ3n) is 5.37. The van der Waals surface area contributed by atoms with Gasteiger partial charge in [-0.2, -0.15) is 13.9 Å². The molecule has 0 saturated heterocycles. The Kier molecular flexibility index (Phi) is 6.10. The summed E-state index contributed by atoms with van der Waals surface area (Å²) in [5.74, 6) is -0.200. The number of nitrogens with zero attached hydrogens (tertiary/aromatic N) is 2. The average molecular weight is 456 g/mol. The number of rotatable bonds is 6. The molecule has 0 spiro atoms. The van der Waals surface area contributed by atoms with Crippen molar-refractivity contribution in [3.63, 3.8) is 0 Å². The van der Waals surface area contributed by atoms with Crippen LogP contribution < -0.4 is 15.1 Å². The summed E-state index contributed by atoms with van der Waals surface area (Å²) in [7, 11) is 1.58. The number of halogens is 3. The van der Waals surface area contributed by atoms with Crippen LogP contribution in [0.4, 0.5) is 14.5 Å². The van der Waals surface area contributed by atoms with Crippen molar-refractivity contribution in [2.24, 2.45) is 5.10 Å². The molecule has 1 aliphatic rings. The van der Waals surface area contributed by atoms with Gasteiger partial charge < -0.3 is 10.1 Å². The minimum absolute atomic E-state index is 0.0298. The van der Waals surface area contributed by atoms with Crippen LogP contribution in [0.25, 0.3) is 0 Å². The lowest BCUT2D eigenvalue weighted by Gasteiger charge is -2.30. The van der Waals surface area contributed by atoms with E-state index >= 15 is 0 Å². The third-order valence-corrected chi connectivity index (χ3v) is 5.62. The van der Waals surface area contributed by atoms with Crippen LogP contribution in [-0.2, 0) is 10.2 Å². The second-order valence-corrected chi connectivity index (χ2v) is 7.67. The van der Waals surface area contributed by atoms with Crippen molar-refractivity contribution in [3.05, 3.63) is 95.0 Å². The van der Waals surface area contributed by atoms with Crippen LogP contribution in [0.5, 0.6) is 5.75 Å². The zero-order valence-corrected chi connectivity index (χ0v) is 17.9. The van der Waals surface area contributed by atoms with Gasteiger partial charge in [-0.1, -0.05) is 41.9 Å². The number of nitrogens with one attached hydrogen (secondary N) is 1. The smallest absolute Gasteiger partial charge is 0.387 e. The highest BCUT2D eigenvalue weighted by Gasteiger charge is 2.51. The molecule has 0 aliphatic carbocycles. The van der Waals surface area contributed by atoms with Crippen LogP contribution in [0, 0.1) is 0 Å². The molecule has 5 nitrogen and oxygen atoms in total. The highest BCUT2D eigenvalue weighted by atomic mass is 35.5. The Morgan fingerprint density at radius 2 is 1.72 bits per heavy atom. The van der Waals surface area contributed by atoms with Crippen LogP contribution in [0.1, 0.15) is 11.1 Å². The van der Waals surface area contributed by atoms with Crippen molar-refractivity contribution >= 4 is 28.9 Å². The number of benzene rings is 3. The lowest BCUT2D eigenvalue weighted by molar-refractivity contribution is -0.123. The van der Waals surface area contributed by atoms with Crippen molar-refractivity contribution in [3.8, 4) is 5.75 Å². The summed E-state index contributed by atoms with van der Waals surface area (Å²) < 4.78 is 29.6. The zero-order chi connectivity index (χ0) is 22.7. The first-order valence-electron chi connectivity index (χ1n) is 9.89. The van der Waals surface area contributed by atoms with Gasteiger partial charge in [0.05, 0.1) is 17.9 Å². The summed E-state index contributed by atoms with van der Waals surface area (Å²) in [4.78, 5) is 13.4. The molecule has 1 unspecified atom stereocenters. The lowest BCUT2D eigenvalue weighted by Crippen LogP contribution is -2.51. The topological polar surface area (TPSA) is 53.9 Å². The van der Waals surface area contributed by atoms with Crippen LogP contribution in [0.2, 0.25) is 5.02 Å². The highest BCUT2D eigenvalue weighted by molar-refractivity contribution is 6.30. The molecule has 4 rings (SSSR count). The van der Waals surface area contributed by atoms with Gasteiger partial charge in [-0.15, -0.1) is 0 Å². The Hall–Kier alpha value is -3.45. The van der Waals surface area contributed by atoms with E-state index in [0.717, 1.165) is 11.3 Å². The van der Waals surface area contributed by atoms with Crippen LogP contribution in [-0.4, -0.2) is 31.8 Å². The number of anilines is 1. The van der Waals surface area contributed by atoms with Gasteiger partial charge in [0, 0.05) is 12.1 Å². The van der Waals surface area contributed by atoms with Crippen LogP contribution in [0.15, 0.2) is 84.0 Å². The maximum atomic E-state index is 13.4. The maximum Gasteiger partial charge on any atom is 0.387 e. The molecule has 0 fully saturated rings. The van der Waals surface area contributed by atoms with Gasteiger partial charge >= 0.3 is 6.61 Å². The molecule has 32 heavy (non-hydrogen) atoms. The van der Waals surface area contributed by atoms with Gasteiger partial charge in [0.1, 0.15) is 11.2 Å². The van der Waals surface area contributed by atoms with E-state index in [1.54, 1.807) is 36.3 Å². The minimum atomic E-state index is -2.92. The molecule has 1 N–H and O–H groups in total. The fourth-order valence-corrected chi connectivity index (χ4v) is 4.00. The SMILES string of the molecule is CNC(=O)C1(c2ccccc2)CN(c2ccc(Cl)cc2)N=C1c1ccc(OC(F)F)cc1. The summed E-state index contributed by atoms with van der Waals surface area (Å²) in [6, 6.07) is 22.7. The van der Waals surface area contributed by atoms with Crippen molar-refractivity contribution in [1.82, 2.24) is 5.32 Å². The number of hydrazone groups is 1. The van der Waals surface area contributed by atoms with Crippen molar-refractivity contribution in [2.75, 3.05) is 18.6 Å². The zero-order valence-electron chi connectivity index (χ0n) is 17.1. The number of carbonyl (C=O) groups is 1. The summed E-state index contributed by atoms with van der Waals surface area (Å²) in [5, 5.41) is 9.92. The van der Waals surface area contributed by atoms with E-state index in [9.17, 15) is 13.6 Å². The first kappa shape index (κ1) is 21.8. The molecular formula is C24H20ClF2N3O2. The number of alkyl halides is 2. The number of hydrogen-bond donors (Lipinski definition) is 1. The van der Waals surface area contributed by atoms with E-state index < -0.39 is 12.0 Å². The van der Waals surface area contributed by atoms with Gasteiger partial charge in [0.2, 0.25) is 5.91 Å². The number of amides is 1. The second-order valence-electron chi connectivity index (χ2n) is 7.24. The minimum Gasteiger partial charge on any atom is -0.435 e. The molecule has 164 valence electrons. The fraction of sp³-hybridized carbons (Fsp3) is 0.167. The number of likely N-dealkylation sites (N-methyl/N-ethyl adjacent to an activating group) is 1. The molecule has 1 heterocycles. The quantitative estimate of drug-likeness (QED) is 0.578. The van der Waals surface area contributed by atoms with E-state index in [4.69, 9.17) is 16.7 Å². The van der Waals surface area contributed by atoms with Gasteiger partial charge in [0.15, 0.2) is 0 Å². The first-order chi connectivity index (χ1) is 15.4. The van der Waals surface area contributed by atoms with Gasteiger partial charge in [-0.3, -0.25) is 9.80 Å². The van der Waals surface area contributed by atoms with Crippen LogP contribution >= 0.6 is 11.6 Å². The summed E-state index contributed by atoms with van der Waals surface area (Å²) in [5.41, 5.74) is 1.53. The van der Waals surface area contributed by atoms with Crippen molar-refractivity contribution < 1.29 is 18.3 Å². The van der Waals surface area contributed by atoms with E-state index in [-0.39, 0.29) is 18.2 Å². The monoisotopic (exact) mass is 455 g/mol. The standard InChI is InChI=1S/C24H20ClF2N3O2/c1-28-22(31)24(17-5-3-2-4-6-17)15-30(19-11-9-18(25)10-12-19)29-21(24)16-7-13-20(14-8-16)32-23(26)27/h2-14,23H,15H2,1H3,(H,28,31). The molecular weight excluding hydrogens is 436 g/mol. The molecule has 0 saturated carbocycles. The normalized spacial score (nSPS) is 17.9. The Bertz CT molecular complexity index is 1120. The average Bonchev–Trinajstić information content (AvgIpc) is 3.21. The second kappa shape index (κ2) is 8.96. The van der Waals surface area contributed by atoms with Crippen LogP contribution in [0.3, 0.4) is 0 Å². The molecule has 0 radical (unpaired) electrons. The summed E-state index contributed by atoms with van der Waals surface area (Å²) >= 11 is 6.03. The summed E-state index contributed by atoms with van der Waals surface area (Å²) in [6.45, 7) is -2.66. The largest absolute Gasteiger partial charge is 0.435 e. The van der Waals surface area contributed by atoms with Gasteiger partial charge in [-0.25, -0.2) is 0 Å². The Morgan fingerprint density at radius 3 is 2.31 bits per heavy atom. The fourth-order valence-electron chi connectivity index (χ4n) is 3.88. The third kappa shape index (κ3) is 4.03. The molecule has 3 aromatic rings. The molecule has 8 heteroatoms. The molecule has 0 bridgehead atoms. The molecule has 1 aliphatic heterocycles. The number of carbonyl (C=O) groups excluding carboxylic acids is 1. The lowest BCUT2D eigenvalue weighted by atomic mass is 9.73. The predicted octanol–water partition coefficient (Wildman–Crippen LogP) is 4.85. The summed E-state index contributed by atoms with van der Waals surface area (Å²) in [6.07, 6.45) is 0. The van der Waals surface area contributed by atoms with E-state index in [1.165, 1.54) is 12.1 Å². The number of hydrogen-bond acceptors (Lipinski definition) is 4.